The Bertz CT molecular complexity index is 919. The fourth-order valence-corrected chi connectivity index (χ4v) is 2.23. The summed E-state index contributed by atoms with van der Waals surface area (Å²) >= 11 is 0. The third-order valence-corrected chi connectivity index (χ3v) is 3.65. The molecule has 0 N–H and O–H groups in total. The van der Waals surface area contributed by atoms with Gasteiger partial charge in [-0.25, -0.2) is 0 Å². The molecule has 0 aliphatic heterocycles. The molecule has 6 nitrogen and oxygen atoms in total. The predicted molar refractivity (Wildman–Crippen MR) is 101 cm³/mol. The van der Waals surface area contributed by atoms with E-state index in [2.05, 4.69) is 0 Å². The molecule has 0 saturated carbocycles. The molecule has 132 valence electrons. The molecular weight excluding hydrogens is 353 g/mol. The Morgan fingerprint density at radius 1 is 0.464 bits per heavy atom. The zero-order valence-electron chi connectivity index (χ0n) is 14.6. The first-order valence-electron chi connectivity index (χ1n) is 8.20. The Hall–Kier alpha value is -4.41. The van der Waals surface area contributed by atoms with Gasteiger partial charge in [-0.2, -0.15) is 15.8 Å². The summed E-state index contributed by atoms with van der Waals surface area (Å²) < 4.78 is 17.3. The third kappa shape index (κ3) is 4.82. The van der Waals surface area contributed by atoms with E-state index >= 15 is 0 Å². The molecule has 28 heavy (non-hydrogen) atoms. The number of hydrogen-bond acceptors (Lipinski definition) is 6. The smallest absolute Gasteiger partial charge is 0.490 e. The highest BCUT2D eigenvalue weighted by Crippen LogP contribution is 2.19. The molecule has 0 amide bonds. The molecule has 0 atom stereocenters. The van der Waals surface area contributed by atoms with Crippen LogP contribution in [0.3, 0.4) is 0 Å². The molecule has 0 unspecified atom stereocenters. The van der Waals surface area contributed by atoms with Crippen LogP contribution >= 0.6 is 0 Å². The lowest BCUT2D eigenvalue weighted by Crippen LogP contribution is -2.36. The molecule has 0 fully saturated rings. The highest BCUT2D eigenvalue weighted by molar-refractivity contribution is 6.39. The first kappa shape index (κ1) is 18.4. The van der Waals surface area contributed by atoms with Gasteiger partial charge in [0.2, 0.25) is 0 Å². The van der Waals surface area contributed by atoms with Gasteiger partial charge < -0.3 is 14.0 Å². The Kier molecular flexibility index (Phi) is 5.78. The maximum atomic E-state index is 8.90. The molecule has 3 aromatic carbocycles. The Balaban J connectivity index is 1.79. The minimum Gasteiger partial charge on any atom is -0.490 e. The topological polar surface area (TPSA) is 99.1 Å². The molecule has 3 aromatic rings. The summed E-state index contributed by atoms with van der Waals surface area (Å²) in [4.78, 5) is 0. The number of nitrogens with zero attached hydrogens (tertiary/aromatic N) is 3. The van der Waals surface area contributed by atoms with Gasteiger partial charge in [-0.05, 0) is 72.8 Å². The van der Waals surface area contributed by atoms with Crippen LogP contribution in [0.25, 0.3) is 0 Å². The summed E-state index contributed by atoms with van der Waals surface area (Å²) in [5, 5.41) is 26.7. The van der Waals surface area contributed by atoms with Crippen molar-refractivity contribution < 1.29 is 14.0 Å². The minimum absolute atomic E-state index is 0.450. The van der Waals surface area contributed by atoms with Crippen LogP contribution in [-0.4, -0.2) is 7.32 Å². The van der Waals surface area contributed by atoms with Crippen molar-refractivity contribution in [3.05, 3.63) is 89.5 Å². The van der Waals surface area contributed by atoms with E-state index in [1.54, 1.807) is 72.8 Å². The molecule has 0 heterocycles. The van der Waals surface area contributed by atoms with Crippen LogP contribution in [0.1, 0.15) is 16.7 Å². The fourth-order valence-electron chi connectivity index (χ4n) is 2.23. The normalized spacial score (nSPS) is 9.32. The Morgan fingerprint density at radius 2 is 0.714 bits per heavy atom. The van der Waals surface area contributed by atoms with Crippen molar-refractivity contribution in [1.82, 2.24) is 0 Å². The molecule has 0 spiro atoms. The largest absolute Gasteiger partial charge is 0.864 e. The second kappa shape index (κ2) is 8.80. The molecule has 3 rings (SSSR count). The summed E-state index contributed by atoms with van der Waals surface area (Å²) in [7, 11) is -1.13. The summed E-state index contributed by atoms with van der Waals surface area (Å²) in [6, 6.07) is 25.6. The minimum atomic E-state index is -1.13. The quantitative estimate of drug-likeness (QED) is 0.616. The third-order valence-electron chi connectivity index (χ3n) is 3.65. The van der Waals surface area contributed by atoms with Gasteiger partial charge in [-0.15, -0.1) is 0 Å². The van der Waals surface area contributed by atoms with E-state index in [-0.39, 0.29) is 0 Å². The molecule has 0 aromatic heterocycles. The lowest BCUT2D eigenvalue weighted by Gasteiger charge is -2.16. The summed E-state index contributed by atoms with van der Waals surface area (Å²) in [5.74, 6) is 1.35. The van der Waals surface area contributed by atoms with Crippen molar-refractivity contribution in [2.24, 2.45) is 0 Å². The number of hydrogen-bond donors (Lipinski definition) is 0. The molecule has 7 heteroatoms. The SMILES string of the molecule is N#Cc1ccc(OB(Oc2ccc(C#N)cc2)Oc2ccc(C#N)cc2)cc1. The standard InChI is InChI=1S/C21H12BN3O3/c23-13-16-1-7-19(8-2-16)26-22(27-20-9-3-17(14-24)4-10-20)28-21-11-5-18(15-25)6-12-21/h1-12H. The van der Waals surface area contributed by atoms with Crippen molar-refractivity contribution in [2.45, 2.75) is 0 Å². The van der Waals surface area contributed by atoms with Gasteiger partial charge in [0.05, 0.1) is 34.9 Å². The number of benzene rings is 3. The van der Waals surface area contributed by atoms with Crippen molar-refractivity contribution in [1.29, 1.82) is 15.8 Å². The number of rotatable bonds is 6. The van der Waals surface area contributed by atoms with E-state index < -0.39 is 7.32 Å². The van der Waals surface area contributed by atoms with Crippen molar-refractivity contribution in [2.75, 3.05) is 0 Å². The van der Waals surface area contributed by atoms with Gasteiger partial charge in [-0.1, -0.05) is 0 Å². The van der Waals surface area contributed by atoms with E-state index in [1.165, 1.54) is 0 Å². The zero-order valence-corrected chi connectivity index (χ0v) is 14.6. The maximum Gasteiger partial charge on any atom is 0.864 e. The molecule has 0 saturated heterocycles. The van der Waals surface area contributed by atoms with Gasteiger partial charge in [0.1, 0.15) is 17.2 Å². The van der Waals surface area contributed by atoms with Gasteiger partial charge >= 0.3 is 7.32 Å². The molecule has 0 aliphatic rings. The van der Waals surface area contributed by atoms with Gasteiger partial charge in [0.15, 0.2) is 0 Å². The van der Waals surface area contributed by atoms with E-state index in [1.807, 2.05) is 18.2 Å². The van der Waals surface area contributed by atoms with Crippen LogP contribution in [0.15, 0.2) is 72.8 Å². The lowest BCUT2D eigenvalue weighted by atomic mass is 10.1. The second-order valence-electron chi connectivity index (χ2n) is 5.55. The Labute approximate surface area is 162 Å². The van der Waals surface area contributed by atoms with Crippen LogP contribution in [-0.2, 0) is 0 Å². The van der Waals surface area contributed by atoms with Crippen LogP contribution in [0, 0.1) is 34.0 Å². The summed E-state index contributed by atoms with van der Waals surface area (Å²) in [5.41, 5.74) is 1.51. The van der Waals surface area contributed by atoms with E-state index in [4.69, 9.17) is 29.7 Å². The van der Waals surface area contributed by atoms with Gasteiger partial charge in [-0.3, -0.25) is 0 Å². The van der Waals surface area contributed by atoms with Crippen LogP contribution in [0.2, 0.25) is 0 Å². The van der Waals surface area contributed by atoms with Gasteiger partial charge in [0.25, 0.3) is 0 Å². The average molecular weight is 365 g/mol. The van der Waals surface area contributed by atoms with Crippen molar-refractivity contribution in [3.8, 4) is 35.5 Å². The summed E-state index contributed by atoms with van der Waals surface area (Å²) in [6.07, 6.45) is 0. The maximum absolute atomic E-state index is 8.90. The summed E-state index contributed by atoms with van der Waals surface area (Å²) in [6.45, 7) is 0. The molecule has 0 bridgehead atoms. The van der Waals surface area contributed by atoms with Crippen LogP contribution < -0.4 is 14.0 Å². The van der Waals surface area contributed by atoms with E-state index in [9.17, 15) is 0 Å². The monoisotopic (exact) mass is 365 g/mol. The highest BCUT2D eigenvalue weighted by Gasteiger charge is 2.30. The van der Waals surface area contributed by atoms with Crippen LogP contribution in [0.5, 0.6) is 17.2 Å². The molecule has 0 radical (unpaired) electrons. The highest BCUT2D eigenvalue weighted by atomic mass is 16.7. The molecular formula is C21H12BN3O3. The second-order valence-corrected chi connectivity index (χ2v) is 5.55. The van der Waals surface area contributed by atoms with Crippen LogP contribution in [0.4, 0.5) is 0 Å². The average Bonchev–Trinajstić information content (AvgIpc) is 2.75. The first-order chi connectivity index (χ1) is 13.7. The van der Waals surface area contributed by atoms with E-state index in [0.717, 1.165) is 0 Å². The van der Waals surface area contributed by atoms with Gasteiger partial charge in [0, 0.05) is 0 Å². The first-order valence-corrected chi connectivity index (χ1v) is 8.20. The lowest BCUT2D eigenvalue weighted by molar-refractivity contribution is 0.307. The Morgan fingerprint density at radius 3 is 0.929 bits per heavy atom. The molecule has 0 aliphatic carbocycles. The zero-order chi connectivity index (χ0) is 19.8. The van der Waals surface area contributed by atoms with Crippen molar-refractivity contribution >= 4 is 7.32 Å². The van der Waals surface area contributed by atoms with E-state index in [0.29, 0.717) is 33.9 Å². The predicted octanol–water partition coefficient (Wildman–Crippen LogP) is 3.82. The van der Waals surface area contributed by atoms with Crippen molar-refractivity contribution in [3.63, 3.8) is 0 Å². The fraction of sp³-hybridized carbons (Fsp3) is 0. The number of nitriles is 3.